The van der Waals surface area contributed by atoms with Gasteiger partial charge in [-0.15, -0.1) is 0 Å². The van der Waals surface area contributed by atoms with Crippen LogP contribution in [0.15, 0.2) is 29.3 Å². The number of imide groups is 2. The molecule has 0 saturated carbocycles. The molecule has 1 heterocycles. The predicted octanol–water partition coefficient (Wildman–Crippen LogP) is 1.47. The van der Waals surface area contributed by atoms with E-state index in [2.05, 4.69) is 10.3 Å². The van der Waals surface area contributed by atoms with Gasteiger partial charge < -0.3 is 4.90 Å². The zero-order chi connectivity index (χ0) is 18.4. The number of anilines is 1. The molecule has 1 fully saturated rings. The smallest absolute Gasteiger partial charge is 0.309 e. The fourth-order valence-corrected chi connectivity index (χ4v) is 2.51. The Balaban J connectivity index is 2.10. The van der Waals surface area contributed by atoms with Crippen molar-refractivity contribution in [1.29, 1.82) is 0 Å². The van der Waals surface area contributed by atoms with Gasteiger partial charge in [-0.25, -0.2) is 9.69 Å². The Bertz CT molecular complexity index is 667. The normalized spacial score (nSPS) is 18.3. The minimum Gasteiger partial charge on any atom is -0.309 e. The van der Waals surface area contributed by atoms with Crippen LogP contribution in [0.2, 0.25) is 0 Å². The molecule has 0 bridgehead atoms. The van der Waals surface area contributed by atoms with E-state index in [-0.39, 0.29) is 0 Å². The van der Waals surface area contributed by atoms with Crippen LogP contribution in [0.4, 0.5) is 10.5 Å². The topological polar surface area (TPSA) is 82.1 Å². The van der Waals surface area contributed by atoms with E-state index >= 15 is 0 Å². The molecule has 25 heavy (non-hydrogen) atoms. The highest BCUT2D eigenvalue weighted by molar-refractivity contribution is 6.32. The van der Waals surface area contributed by atoms with E-state index in [9.17, 15) is 14.4 Å². The lowest BCUT2D eigenvalue weighted by atomic mass is 10.1. The molecule has 1 aliphatic rings. The largest absolute Gasteiger partial charge is 0.335 e. The Kier molecular flexibility index (Phi) is 6.41. The maximum Gasteiger partial charge on any atom is 0.335 e. The van der Waals surface area contributed by atoms with Gasteiger partial charge in [0.1, 0.15) is 0 Å². The lowest BCUT2D eigenvalue weighted by Crippen LogP contribution is -2.58. The van der Waals surface area contributed by atoms with Gasteiger partial charge >= 0.3 is 6.03 Å². The van der Waals surface area contributed by atoms with Crippen LogP contribution in [0.25, 0.3) is 0 Å². The number of aryl methyl sites for hydroxylation is 1. The molecule has 7 nitrogen and oxygen atoms in total. The molecule has 1 N–H and O–H groups in total. The third-order valence-corrected chi connectivity index (χ3v) is 3.95. The molecule has 1 aromatic carbocycles. The summed E-state index contributed by atoms with van der Waals surface area (Å²) in [6.45, 7) is 3.42. The van der Waals surface area contributed by atoms with E-state index in [1.165, 1.54) is 6.21 Å². The van der Waals surface area contributed by atoms with Crippen molar-refractivity contribution in [2.75, 3.05) is 32.1 Å². The standard InChI is InChI=1S/C18H24N4O3/c1-4-13-6-8-14(9-7-13)22-17(24)15(16(23)20-18(22)25)12-19-10-5-11-21(2)3/h6-9,12,15H,4-5,10-11H2,1-3H3,(H,20,23,25)/t15-/m1/s1. The Morgan fingerprint density at radius 1 is 1.20 bits per heavy atom. The third kappa shape index (κ3) is 4.73. The molecular formula is C18H24N4O3. The van der Waals surface area contributed by atoms with Crippen molar-refractivity contribution >= 4 is 29.7 Å². The number of hydrogen-bond donors (Lipinski definition) is 1. The average Bonchev–Trinajstić information content (AvgIpc) is 2.57. The molecule has 0 aromatic heterocycles. The Hall–Kier alpha value is -2.54. The van der Waals surface area contributed by atoms with Crippen LogP contribution in [0.1, 0.15) is 18.9 Å². The zero-order valence-electron chi connectivity index (χ0n) is 14.9. The summed E-state index contributed by atoms with van der Waals surface area (Å²) < 4.78 is 0. The van der Waals surface area contributed by atoms with Crippen molar-refractivity contribution in [2.24, 2.45) is 10.9 Å². The first-order valence-electron chi connectivity index (χ1n) is 8.36. The van der Waals surface area contributed by atoms with Gasteiger partial charge in [-0.05, 0) is 51.2 Å². The van der Waals surface area contributed by atoms with Crippen molar-refractivity contribution in [3.8, 4) is 0 Å². The van der Waals surface area contributed by atoms with E-state index in [0.29, 0.717) is 12.2 Å². The predicted molar refractivity (Wildman–Crippen MR) is 96.9 cm³/mol. The summed E-state index contributed by atoms with van der Waals surface area (Å²) in [6, 6.07) is 6.40. The number of nitrogens with zero attached hydrogens (tertiary/aromatic N) is 3. The first-order chi connectivity index (χ1) is 11.9. The molecule has 7 heteroatoms. The molecule has 1 saturated heterocycles. The number of aliphatic imine (C=N–C) groups is 1. The van der Waals surface area contributed by atoms with Gasteiger partial charge in [-0.2, -0.15) is 0 Å². The summed E-state index contributed by atoms with van der Waals surface area (Å²) in [5.41, 5.74) is 1.54. The molecule has 4 amide bonds. The molecule has 1 atom stereocenters. The number of carbonyl (C=O) groups is 3. The third-order valence-electron chi connectivity index (χ3n) is 3.95. The van der Waals surface area contributed by atoms with Crippen LogP contribution < -0.4 is 10.2 Å². The van der Waals surface area contributed by atoms with Gasteiger partial charge in [0.05, 0.1) is 5.69 Å². The van der Waals surface area contributed by atoms with Crippen molar-refractivity contribution in [3.63, 3.8) is 0 Å². The average molecular weight is 344 g/mol. The molecule has 0 unspecified atom stereocenters. The summed E-state index contributed by atoms with van der Waals surface area (Å²) in [7, 11) is 3.93. The van der Waals surface area contributed by atoms with E-state index < -0.39 is 23.8 Å². The van der Waals surface area contributed by atoms with Crippen LogP contribution in [0, 0.1) is 5.92 Å². The molecule has 0 aliphatic carbocycles. The van der Waals surface area contributed by atoms with Gasteiger partial charge in [0.2, 0.25) is 5.91 Å². The second-order valence-electron chi connectivity index (χ2n) is 6.18. The monoisotopic (exact) mass is 344 g/mol. The van der Waals surface area contributed by atoms with Crippen LogP contribution in [0.3, 0.4) is 0 Å². The molecule has 0 spiro atoms. The summed E-state index contributed by atoms with van der Waals surface area (Å²) in [6.07, 6.45) is 3.03. The number of carbonyl (C=O) groups excluding carboxylic acids is 3. The highest BCUT2D eigenvalue weighted by Crippen LogP contribution is 2.21. The zero-order valence-corrected chi connectivity index (χ0v) is 14.9. The van der Waals surface area contributed by atoms with Gasteiger partial charge in [-0.1, -0.05) is 19.1 Å². The summed E-state index contributed by atoms with van der Waals surface area (Å²) in [5.74, 6) is -2.29. The minimum atomic E-state index is -1.08. The summed E-state index contributed by atoms with van der Waals surface area (Å²) in [4.78, 5) is 43.9. The lowest BCUT2D eigenvalue weighted by molar-refractivity contribution is -0.131. The fraction of sp³-hybridized carbons (Fsp3) is 0.444. The second kappa shape index (κ2) is 8.53. The van der Waals surface area contributed by atoms with E-state index in [1.807, 2.05) is 38.1 Å². The SMILES string of the molecule is CCc1ccc(N2C(=O)NC(=O)[C@@H](C=NCCCN(C)C)C2=O)cc1. The number of benzene rings is 1. The quantitative estimate of drug-likeness (QED) is 0.461. The second-order valence-corrected chi connectivity index (χ2v) is 6.18. The number of urea groups is 1. The summed E-state index contributed by atoms with van der Waals surface area (Å²) >= 11 is 0. The molecule has 1 aliphatic heterocycles. The van der Waals surface area contributed by atoms with Crippen LogP contribution in [-0.4, -0.2) is 56.1 Å². The Morgan fingerprint density at radius 3 is 2.48 bits per heavy atom. The van der Waals surface area contributed by atoms with E-state index in [0.717, 1.165) is 29.8 Å². The maximum absolute atomic E-state index is 12.6. The first-order valence-corrected chi connectivity index (χ1v) is 8.36. The van der Waals surface area contributed by atoms with Crippen molar-refractivity contribution in [2.45, 2.75) is 19.8 Å². The van der Waals surface area contributed by atoms with Gasteiger partial charge in [0, 0.05) is 12.8 Å². The molecule has 1 aromatic rings. The first kappa shape index (κ1) is 18.8. The van der Waals surface area contributed by atoms with E-state index in [4.69, 9.17) is 0 Å². The van der Waals surface area contributed by atoms with Crippen LogP contribution in [0.5, 0.6) is 0 Å². The number of amides is 4. The molecule has 0 radical (unpaired) electrons. The van der Waals surface area contributed by atoms with Gasteiger partial charge in [0.25, 0.3) is 5.91 Å². The minimum absolute atomic E-state index is 0.443. The lowest BCUT2D eigenvalue weighted by Gasteiger charge is -2.28. The van der Waals surface area contributed by atoms with Gasteiger partial charge in [-0.3, -0.25) is 19.9 Å². The van der Waals surface area contributed by atoms with Crippen molar-refractivity contribution in [1.82, 2.24) is 10.2 Å². The van der Waals surface area contributed by atoms with Crippen molar-refractivity contribution < 1.29 is 14.4 Å². The van der Waals surface area contributed by atoms with Crippen LogP contribution >= 0.6 is 0 Å². The van der Waals surface area contributed by atoms with E-state index in [1.54, 1.807) is 12.1 Å². The van der Waals surface area contributed by atoms with Gasteiger partial charge in [0.15, 0.2) is 5.92 Å². The maximum atomic E-state index is 12.6. The molecular weight excluding hydrogens is 320 g/mol. The Labute approximate surface area is 147 Å². The fourth-order valence-electron chi connectivity index (χ4n) is 2.51. The number of nitrogens with one attached hydrogen (secondary N) is 1. The number of hydrogen-bond acceptors (Lipinski definition) is 5. The molecule has 2 rings (SSSR count). The highest BCUT2D eigenvalue weighted by Gasteiger charge is 2.40. The highest BCUT2D eigenvalue weighted by atomic mass is 16.2. The summed E-state index contributed by atoms with van der Waals surface area (Å²) in [5, 5.41) is 2.22. The number of rotatable bonds is 7. The van der Waals surface area contributed by atoms with Crippen LogP contribution in [-0.2, 0) is 16.0 Å². The Morgan fingerprint density at radius 2 is 1.88 bits per heavy atom. The molecule has 134 valence electrons. The number of barbiturate groups is 1. The van der Waals surface area contributed by atoms with Crippen molar-refractivity contribution in [3.05, 3.63) is 29.8 Å².